The van der Waals surface area contributed by atoms with Gasteiger partial charge in [-0.05, 0) is 25.1 Å². The lowest BCUT2D eigenvalue weighted by atomic mass is 10.3. The largest absolute Gasteiger partial charge is 0.383 e. The Hall–Kier alpha value is -1.35. The van der Waals surface area contributed by atoms with Gasteiger partial charge in [0.15, 0.2) is 0 Å². The molecular formula is C12H16FNO. The smallest absolute Gasteiger partial charge is 0.125 e. The molecule has 0 aliphatic rings. The Morgan fingerprint density at radius 2 is 2.33 bits per heavy atom. The standard InChI is InChI=1S/C12H16FNO/c1-2-3-8-15-9-7-14-12-6-4-5-11(13)10-12/h2-6,10,14H,7-9H2,1H3. The molecule has 3 heteroatoms. The Labute approximate surface area is 89.8 Å². The van der Waals surface area contributed by atoms with E-state index in [1.165, 1.54) is 12.1 Å². The number of nitrogens with one attached hydrogen (secondary N) is 1. The van der Waals surface area contributed by atoms with E-state index in [1.807, 2.05) is 25.1 Å². The van der Waals surface area contributed by atoms with Gasteiger partial charge >= 0.3 is 0 Å². The Balaban J connectivity index is 2.15. The fourth-order valence-corrected chi connectivity index (χ4v) is 1.11. The topological polar surface area (TPSA) is 21.3 Å². The van der Waals surface area contributed by atoms with Crippen LogP contribution in [0, 0.1) is 5.82 Å². The van der Waals surface area contributed by atoms with E-state index in [1.54, 1.807) is 6.07 Å². The predicted octanol–water partition coefficient (Wildman–Crippen LogP) is 2.83. The zero-order valence-corrected chi connectivity index (χ0v) is 8.87. The zero-order chi connectivity index (χ0) is 10.9. The van der Waals surface area contributed by atoms with E-state index in [0.717, 1.165) is 5.69 Å². The summed E-state index contributed by atoms with van der Waals surface area (Å²) in [6.07, 6.45) is 3.89. The van der Waals surface area contributed by atoms with Crippen LogP contribution in [0.3, 0.4) is 0 Å². The number of hydrogen-bond acceptors (Lipinski definition) is 2. The van der Waals surface area contributed by atoms with E-state index < -0.39 is 0 Å². The number of benzene rings is 1. The van der Waals surface area contributed by atoms with Crippen molar-refractivity contribution in [1.82, 2.24) is 0 Å². The van der Waals surface area contributed by atoms with E-state index >= 15 is 0 Å². The highest BCUT2D eigenvalue weighted by molar-refractivity contribution is 5.42. The monoisotopic (exact) mass is 209 g/mol. The van der Waals surface area contributed by atoms with Crippen LogP contribution in [0.25, 0.3) is 0 Å². The van der Waals surface area contributed by atoms with Crippen LogP contribution in [0.5, 0.6) is 0 Å². The molecule has 1 rings (SSSR count). The molecular weight excluding hydrogens is 193 g/mol. The number of allylic oxidation sites excluding steroid dienone is 1. The van der Waals surface area contributed by atoms with E-state index in [9.17, 15) is 4.39 Å². The SMILES string of the molecule is CC=CCOCCNc1cccc(F)c1. The number of hydrogen-bond donors (Lipinski definition) is 1. The first kappa shape index (κ1) is 11.7. The van der Waals surface area contributed by atoms with Crippen molar-refractivity contribution in [3.05, 3.63) is 42.2 Å². The number of halogens is 1. The maximum absolute atomic E-state index is 12.8. The Morgan fingerprint density at radius 3 is 3.07 bits per heavy atom. The molecule has 1 aromatic carbocycles. The quantitative estimate of drug-likeness (QED) is 0.574. The van der Waals surface area contributed by atoms with Gasteiger partial charge < -0.3 is 10.1 Å². The summed E-state index contributed by atoms with van der Waals surface area (Å²) in [7, 11) is 0. The second-order valence-corrected chi connectivity index (χ2v) is 3.08. The van der Waals surface area contributed by atoms with Gasteiger partial charge in [-0.1, -0.05) is 18.2 Å². The Kier molecular flexibility index (Phi) is 5.48. The molecule has 0 atom stereocenters. The minimum atomic E-state index is -0.227. The highest BCUT2D eigenvalue weighted by Gasteiger charge is 1.93. The second-order valence-electron chi connectivity index (χ2n) is 3.08. The Morgan fingerprint density at radius 1 is 1.47 bits per heavy atom. The van der Waals surface area contributed by atoms with Gasteiger partial charge in [0.2, 0.25) is 0 Å². The minimum Gasteiger partial charge on any atom is -0.383 e. The van der Waals surface area contributed by atoms with Crippen LogP contribution in [0.1, 0.15) is 6.92 Å². The van der Waals surface area contributed by atoms with Crippen molar-refractivity contribution in [2.75, 3.05) is 25.1 Å². The summed E-state index contributed by atoms with van der Waals surface area (Å²) in [5, 5.41) is 3.07. The van der Waals surface area contributed by atoms with Gasteiger partial charge in [0.25, 0.3) is 0 Å². The first-order chi connectivity index (χ1) is 7.33. The third-order valence-corrected chi connectivity index (χ3v) is 1.85. The molecule has 0 amide bonds. The summed E-state index contributed by atoms with van der Waals surface area (Å²) >= 11 is 0. The third-order valence-electron chi connectivity index (χ3n) is 1.85. The molecule has 2 nitrogen and oxygen atoms in total. The molecule has 0 bridgehead atoms. The summed E-state index contributed by atoms with van der Waals surface area (Å²) in [5.74, 6) is -0.227. The summed E-state index contributed by atoms with van der Waals surface area (Å²) in [6, 6.07) is 6.40. The maximum atomic E-state index is 12.8. The van der Waals surface area contributed by atoms with Gasteiger partial charge in [-0.3, -0.25) is 0 Å². The third kappa shape index (κ3) is 5.18. The minimum absolute atomic E-state index is 0.227. The molecule has 0 aromatic heterocycles. The average molecular weight is 209 g/mol. The van der Waals surface area contributed by atoms with Crippen LogP contribution in [0.4, 0.5) is 10.1 Å². The van der Waals surface area contributed by atoms with Crippen molar-refractivity contribution in [2.24, 2.45) is 0 Å². The van der Waals surface area contributed by atoms with Gasteiger partial charge in [-0.25, -0.2) is 4.39 Å². The maximum Gasteiger partial charge on any atom is 0.125 e. The van der Waals surface area contributed by atoms with E-state index in [-0.39, 0.29) is 5.82 Å². The summed E-state index contributed by atoms with van der Waals surface area (Å²) in [4.78, 5) is 0. The summed E-state index contributed by atoms with van der Waals surface area (Å²) < 4.78 is 18.0. The fourth-order valence-electron chi connectivity index (χ4n) is 1.11. The van der Waals surface area contributed by atoms with Crippen molar-refractivity contribution in [1.29, 1.82) is 0 Å². The molecule has 0 saturated heterocycles. The lowest BCUT2D eigenvalue weighted by Crippen LogP contribution is -2.09. The van der Waals surface area contributed by atoms with Crippen LogP contribution in [-0.2, 0) is 4.74 Å². The second kappa shape index (κ2) is 7.01. The van der Waals surface area contributed by atoms with Crippen molar-refractivity contribution < 1.29 is 9.13 Å². The molecule has 1 N–H and O–H groups in total. The number of rotatable bonds is 6. The van der Waals surface area contributed by atoms with Crippen LogP contribution in [0.2, 0.25) is 0 Å². The molecule has 0 fully saturated rings. The zero-order valence-electron chi connectivity index (χ0n) is 8.87. The lowest BCUT2D eigenvalue weighted by molar-refractivity contribution is 0.173. The predicted molar refractivity (Wildman–Crippen MR) is 60.5 cm³/mol. The van der Waals surface area contributed by atoms with Crippen LogP contribution < -0.4 is 5.32 Å². The molecule has 0 radical (unpaired) electrons. The molecule has 0 saturated carbocycles. The van der Waals surface area contributed by atoms with Gasteiger partial charge in [-0.15, -0.1) is 0 Å². The molecule has 0 aliphatic heterocycles. The van der Waals surface area contributed by atoms with Gasteiger partial charge in [0.05, 0.1) is 13.2 Å². The Bertz CT molecular complexity index is 312. The van der Waals surface area contributed by atoms with E-state index in [0.29, 0.717) is 19.8 Å². The van der Waals surface area contributed by atoms with Crippen molar-refractivity contribution >= 4 is 5.69 Å². The molecule has 0 unspecified atom stereocenters. The molecule has 0 aliphatic carbocycles. The van der Waals surface area contributed by atoms with Gasteiger partial charge in [-0.2, -0.15) is 0 Å². The average Bonchev–Trinajstić information content (AvgIpc) is 2.23. The number of anilines is 1. The normalized spacial score (nSPS) is 10.8. The van der Waals surface area contributed by atoms with Crippen molar-refractivity contribution in [3.8, 4) is 0 Å². The summed E-state index contributed by atoms with van der Waals surface area (Å²) in [6.45, 7) is 3.87. The highest BCUT2D eigenvalue weighted by Crippen LogP contribution is 2.08. The van der Waals surface area contributed by atoms with E-state index in [4.69, 9.17) is 4.74 Å². The van der Waals surface area contributed by atoms with Gasteiger partial charge in [0.1, 0.15) is 5.82 Å². The lowest BCUT2D eigenvalue weighted by Gasteiger charge is -2.05. The van der Waals surface area contributed by atoms with Crippen LogP contribution >= 0.6 is 0 Å². The molecule has 1 aromatic rings. The first-order valence-electron chi connectivity index (χ1n) is 5.01. The molecule has 15 heavy (non-hydrogen) atoms. The number of ether oxygens (including phenoxy) is 1. The fraction of sp³-hybridized carbons (Fsp3) is 0.333. The van der Waals surface area contributed by atoms with E-state index in [2.05, 4.69) is 5.32 Å². The molecule has 0 heterocycles. The summed E-state index contributed by atoms with van der Waals surface area (Å²) in [5.41, 5.74) is 0.782. The molecule has 0 spiro atoms. The van der Waals surface area contributed by atoms with Crippen molar-refractivity contribution in [2.45, 2.75) is 6.92 Å². The van der Waals surface area contributed by atoms with Gasteiger partial charge in [0, 0.05) is 12.2 Å². The van der Waals surface area contributed by atoms with Crippen molar-refractivity contribution in [3.63, 3.8) is 0 Å². The first-order valence-corrected chi connectivity index (χ1v) is 5.01. The molecule has 82 valence electrons. The van der Waals surface area contributed by atoms with Crippen LogP contribution in [0.15, 0.2) is 36.4 Å². The van der Waals surface area contributed by atoms with Crippen LogP contribution in [-0.4, -0.2) is 19.8 Å². The highest BCUT2D eigenvalue weighted by atomic mass is 19.1.